The first-order valence-corrected chi connectivity index (χ1v) is 5.20. The maximum Gasteiger partial charge on any atom is 0.241 e. The highest BCUT2D eigenvalue weighted by Gasteiger charge is 2.32. The average Bonchev–Trinajstić information content (AvgIpc) is 2.39. The lowest BCUT2D eigenvalue weighted by Crippen LogP contribution is -2.20. The Bertz CT molecular complexity index is 452. The summed E-state index contributed by atoms with van der Waals surface area (Å²) in [6.07, 6.45) is 0.587. The molecule has 68 valence electrons. The standard InChI is InChI=1S/C8H7NO3S/c10-5-7-6-3-1-2-4-8(6)13(11,12)9-7/h1-5,7,9H. The lowest BCUT2D eigenvalue weighted by atomic mass is 10.1. The molecule has 0 saturated carbocycles. The lowest BCUT2D eigenvalue weighted by molar-refractivity contribution is -0.109. The molecule has 13 heavy (non-hydrogen) atoms. The predicted molar refractivity (Wildman–Crippen MR) is 45.6 cm³/mol. The summed E-state index contributed by atoms with van der Waals surface area (Å²) in [5.74, 6) is 0. The van der Waals surface area contributed by atoms with Gasteiger partial charge in [-0.15, -0.1) is 0 Å². The molecule has 2 rings (SSSR count). The summed E-state index contributed by atoms with van der Waals surface area (Å²) in [5.41, 5.74) is 0.525. The topological polar surface area (TPSA) is 63.2 Å². The van der Waals surface area contributed by atoms with E-state index in [9.17, 15) is 13.2 Å². The van der Waals surface area contributed by atoms with E-state index in [1.807, 2.05) is 0 Å². The number of nitrogens with one attached hydrogen (secondary N) is 1. The molecule has 0 aliphatic carbocycles. The molecule has 1 aromatic rings. The molecule has 1 unspecified atom stereocenters. The number of aldehydes is 1. The molecule has 0 radical (unpaired) electrons. The zero-order valence-corrected chi connectivity index (χ0v) is 7.41. The number of hydrogen-bond donors (Lipinski definition) is 1. The molecule has 0 aromatic heterocycles. The Labute approximate surface area is 75.6 Å². The van der Waals surface area contributed by atoms with Gasteiger partial charge >= 0.3 is 0 Å². The van der Waals surface area contributed by atoms with Crippen LogP contribution in [0, 0.1) is 0 Å². The van der Waals surface area contributed by atoms with E-state index in [0.717, 1.165) is 0 Å². The molecule has 1 aliphatic rings. The van der Waals surface area contributed by atoms with Crippen molar-refractivity contribution in [3.05, 3.63) is 29.8 Å². The summed E-state index contributed by atoms with van der Waals surface area (Å²) in [6, 6.07) is 5.73. The Kier molecular flexibility index (Phi) is 1.71. The second-order valence-corrected chi connectivity index (χ2v) is 4.46. The van der Waals surface area contributed by atoms with Gasteiger partial charge in [0.25, 0.3) is 0 Å². The summed E-state index contributed by atoms with van der Waals surface area (Å²) in [4.78, 5) is 10.7. The van der Waals surface area contributed by atoms with E-state index in [1.54, 1.807) is 18.2 Å². The Morgan fingerprint density at radius 1 is 1.31 bits per heavy atom. The van der Waals surface area contributed by atoms with E-state index in [2.05, 4.69) is 4.72 Å². The van der Waals surface area contributed by atoms with Crippen LogP contribution in [0.15, 0.2) is 29.2 Å². The summed E-state index contributed by atoms with van der Waals surface area (Å²) in [5, 5.41) is 0. The van der Waals surface area contributed by atoms with Crippen LogP contribution in [0.2, 0.25) is 0 Å². The molecule has 0 spiro atoms. The van der Waals surface area contributed by atoms with Crippen LogP contribution in [0.5, 0.6) is 0 Å². The first-order chi connectivity index (χ1) is 6.15. The second-order valence-electron chi connectivity index (χ2n) is 2.77. The zero-order chi connectivity index (χ0) is 9.47. The van der Waals surface area contributed by atoms with Gasteiger partial charge in [-0.05, 0) is 11.6 Å². The summed E-state index contributed by atoms with van der Waals surface area (Å²) in [6.45, 7) is 0. The maximum atomic E-state index is 11.4. The normalized spacial score (nSPS) is 23.8. The van der Waals surface area contributed by atoms with Gasteiger partial charge in [-0.3, -0.25) is 0 Å². The molecule has 0 fully saturated rings. The number of benzene rings is 1. The van der Waals surface area contributed by atoms with Crippen molar-refractivity contribution in [3.8, 4) is 0 Å². The van der Waals surface area contributed by atoms with Crippen molar-refractivity contribution < 1.29 is 13.2 Å². The van der Waals surface area contributed by atoms with Crippen LogP contribution in [0.3, 0.4) is 0 Å². The third-order valence-corrected chi connectivity index (χ3v) is 3.48. The summed E-state index contributed by atoms with van der Waals surface area (Å²) in [7, 11) is -3.45. The fraction of sp³-hybridized carbons (Fsp3) is 0.125. The molecule has 1 atom stereocenters. The molecule has 0 bridgehead atoms. The van der Waals surface area contributed by atoms with Crippen LogP contribution in [-0.4, -0.2) is 14.7 Å². The molecule has 0 saturated heterocycles. The lowest BCUT2D eigenvalue weighted by Gasteiger charge is -1.97. The first kappa shape index (κ1) is 8.40. The van der Waals surface area contributed by atoms with Crippen molar-refractivity contribution in [3.63, 3.8) is 0 Å². The molecular weight excluding hydrogens is 190 g/mol. The highest BCUT2D eigenvalue weighted by Crippen LogP contribution is 2.28. The van der Waals surface area contributed by atoms with Crippen LogP contribution in [-0.2, 0) is 14.8 Å². The minimum atomic E-state index is -3.45. The van der Waals surface area contributed by atoms with Crippen LogP contribution in [0.25, 0.3) is 0 Å². The van der Waals surface area contributed by atoms with Crippen molar-refractivity contribution >= 4 is 16.3 Å². The van der Waals surface area contributed by atoms with Crippen molar-refractivity contribution in [1.29, 1.82) is 0 Å². The fourth-order valence-electron chi connectivity index (χ4n) is 1.38. The number of carbonyl (C=O) groups is 1. The second kappa shape index (κ2) is 2.65. The smallest absolute Gasteiger partial charge is 0.241 e. The fourth-order valence-corrected chi connectivity index (χ4v) is 2.78. The highest BCUT2D eigenvalue weighted by atomic mass is 32.2. The van der Waals surface area contributed by atoms with E-state index < -0.39 is 16.1 Å². The SMILES string of the molecule is O=CC1NS(=O)(=O)c2ccccc21. The number of sulfonamides is 1. The van der Waals surface area contributed by atoms with E-state index in [-0.39, 0.29) is 4.90 Å². The number of hydrogen-bond acceptors (Lipinski definition) is 3. The quantitative estimate of drug-likeness (QED) is 0.655. The molecule has 0 amide bonds. The Morgan fingerprint density at radius 2 is 2.00 bits per heavy atom. The van der Waals surface area contributed by atoms with E-state index >= 15 is 0 Å². The number of rotatable bonds is 1. The van der Waals surface area contributed by atoms with Crippen molar-refractivity contribution in [1.82, 2.24) is 4.72 Å². The van der Waals surface area contributed by atoms with Gasteiger partial charge in [-0.1, -0.05) is 18.2 Å². The van der Waals surface area contributed by atoms with Gasteiger partial charge in [0.15, 0.2) is 0 Å². The van der Waals surface area contributed by atoms with Crippen molar-refractivity contribution in [2.45, 2.75) is 10.9 Å². The molecule has 4 nitrogen and oxygen atoms in total. The molecule has 1 N–H and O–H groups in total. The highest BCUT2D eigenvalue weighted by molar-refractivity contribution is 7.89. The number of fused-ring (bicyclic) bond motifs is 1. The van der Waals surface area contributed by atoms with Gasteiger partial charge in [0.2, 0.25) is 10.0 Å². The third kappa shape index (κ3) is 1.16. The van der Waals surface area contributed by atoms with Crippen LogP contribution in [0.4, 0.5) is 0 Å². The Morgan fingerprint density at radius 3 is 2.69 bits per heavy atom. The zero-order valence-electron chi connectivity index (χ0n) is 6.60. The Hall–Kier alpha value is -1.20. The third-order valence-electron chi connectivity index (χ3n) is 1.96. The maximum absolute atomic E-state index is 11.4. The van der Waals surface area contributed by atoms with Gasteiger partial charge in [0.05, 0.1) is 4.90 Å². The van der Waals surface area contributed by atoms with Gasteiger partial charge in [0.1, 0.15) is 12.3 Å². The van der Waals surface area contributed by atoms with Crippen LogP contribution < -0.4 is 4.72 Å². The van der Waals surface area contributed by atoms with E-state index in [4.69, 9.17) is 0 Å². The minimum Gasteiger partial charge on any atom is -0.301 e. The monoisotopic (exact) mass is 197 g/mol. The molecule has 5 heteroatoms. The molecule has 1 aliphatic heterocycles. The summed E-state index contributed by atoms with van der Waals surface area (Å²) < 4.78 is 25.0. The predicted octanol–water partition coefficient (Wildman–Crippen LogP) is 0.218. The summed E-state index contributed by atoms with van der Waals surface area (Å²) >= 11 is 0. The number of carbonyl (C=O) groups excluding carboxylic acids is 1. The largest absolute Gasteiger partial charge is 0.301 e. The molecular formula is C8H7NO3S. The molecule has 1 heterocycles. The molecule has 1 aromatic carbocycles. The van der Waals surface area contributed by atoms with E-state index in [1.165, 1.54) is 6.07 Å². The van der Waals surface area contributed by atoms with Crippen LogP contribution >= 0.6 is 0 Å². The van der Waals surface area contributed by atoms with Crippen LogP contribution in [0.1, 0.15) is 11.6 Å². The van der Waals surface area contributed by atoms with Crippen molar-refractivity contribution in [2.24, 2.45) is 0 Å². The van der Waals surface area contributed by atoms with Gasteiger partial charge < -0.3 is 4.79 Å². The average molecular weight is 197 g/mol. The van der Waals surface area contributed by atoms with E-state index in [0.29, 0.717) is 11.8 Å². The Balaban J connectivity index is 2.70. The first-order valence-electron chi connectivity index (χ1n) is 3.72. The van der Waals surface area contributed by atoms with Gasteiger partial charge in [-0.2, -0.15) is 4.72 Å². The van der Waals surface area contributed by atoms with Crippen molar-refractivity contribution in [2.75, 3.05) is 0 Å². The minimum absolute atomic E-state index is 0.201. The van der Waals surface area contributed by atoms with Gasteiger partial charge in [-0.25, -0.2) is 8.42 Å². The van der Waals surface area contributed by atoms with Gasteiger partial charge in [0, 0.05) is 0 Å².